The number of sulfonamides is 1. The first-order chi connectivity index (χ1) is 8.10. The lowest BCUT2D eigenvalue weighted by Crippen LogP contribution is -2.22. The second-order valence-corrected chi connectivity index (χ2v) is 7.55. The minimum absolute atomic E-state index is 0.0915. The molecule has 4 nitrogen and oxygen atoms in total. The Hall–Kier alpha value is -1.07. The molecule has 0 saturated heterocycles. The van der Waals surface area contributed by atoms with E-state index in [9.17, 15) is 8.42 Å². The van der Waals surface area contributed by atoms with Crippen molar-refractivity contribution in [1.29, 1.82) is 0 Å². The number of nitrogens with zero attached hydrogens (tertiary/aromatic N) is 1. The second-order valence-electron chi connectivity index (χ2n) is 5.40. The highest BCUT2D eigenvalue weighted by molar-refractivity contribution is 7.89. The third-order valence-electron chi connectivity index (χ3n) is 2.76. The highest BCUT2D eigenvalue weighted by Crippen LogP contribution is 2.33. The molecule has 0 heterocycles. The van der Waals surface area contributed by atoms with Crippen LogP contribution in [-0.2, 0) is 15.4 Å². The van der Waals surface area contributed by atoms with Gasteiger partial charge in [0.2, 0.25) is 10.0 Å². The number of benzene rings is 1. The predicted octanol–water partition coefficient (Wildman–Crippen LogP) is 2.24. The lowest BCUT2D eigenvalue weighted by molar-refractivity contribution is 0.396. The third kappa shape index (κ3) is 2.84. The molecule has 0 fully saturated rings. The lowest BCUT2D eigenvalue weighted by atomic mass is 9.86. The van der Waals surface area contributed by atoms with Gasteiger partial charge in [-0.15, -0.1) is 0 Å². The van der Waals surface area contributed by atoms with Gasteiger partial charge in [0.15, 0.2) is 0 Å². The van der Waals surface area contributed by atoms with Crippen LogP contribution in [0.15, 0.2) is 23.1 Å². The maximum Gasteiger partial charge on any atom is 0.242 e. The molecule has 0 aromatic heterocycles. The summed E-state index contributed by atoms with van der Waals surface area (Å²) in [6, 6.07) is 5.02. The second kappa shape index (κ2) is 4.90. The Morgan fingerprint density at radius 1 is 1.17 bits per heavy atom. The van der Waals surface area contributed by atoms with Crippen molar-refractivity contribution in [2.45, 2.75) is 31.1 Å². The quantitative estimate of drug-likeness (QED) is 0.847. The first-order valence-electron chi connectivity index (χ1n) is 5.71. The minimum Gasteiger partial charge on any atom is -0.496 e. The third-order valence-corrected chi connectivity index (χ3v) is 4.57. The van der Waals surface area contributed by atoms with Gasteiger partial charge in [-0.3, -0.25) is 0 Å². The standard InChI is InChI=1S/C13H21NO3S/c1-13(2,3)11-8-7-10(9-12(11)17-6)18(15,16)14(4)5/h7-9H,1-6H3. The van der Waals surface area contributed by atoms with Crippen molar-refractivity contribution in [1.82, 2.24) is 4.31 Å². The molecule has 0 N–H and O–H groups in total. The first-order valence-corrected chi connectivity index (χ1v) is 7.15. The number of hydrogen-bond acceptors (Lipinski definition) is 3. The number of ether oxygens (including phenoxy) is 1. The SMILES string of the molecule is COc1cc(S(=O)(=O)N(C)C)ccc1C(C)(C)C. The summed E-state index contributed by atoms with van der Waals surface area (Å²) in [5.74, 6) is 0.602. The first kappa shape index (κ1) is 15.0. The summed E-state index contributed by atoms with van der Waals surface area (Å²) >= 11 is 0. The van der Waals surface area contributed by atoms with Gasteiger partial charge in [-0.2, -0.15) is 0 Å². The van der Waals surface area contributed by atoms with Crippen molar-refractivity contribution in [3.8, 4) is 5.75 Å². The zero-order valence-electron chi connectivity index (χ0n) is 11.8. The maximum absolute atomic E-state index is 12.0. The molecule has 0 saturated carbocycles. The fourth-order valence-electron chi connectivity index (χ4n) is 1.66. The number of rotatable bonds is 3. The fraction of sp³-hybridized carbons (Fsp3) is 0.538. The molecule has 102 valence electrons. The molecule has 1 aromatic carbocycles. The van der Waals surface area contributed by atoms with Crippen LogP contribution < -0.4 is 4.74 Å². The van der Waals surface area contributed by atoms with Crippen LogP contribution in [0, 0.1) is 0 Å². The topological polar surface area (TPSA) is 46.6 Å². The van der Waals surface area contributed by atoms with Gasteiger partial charge >= 0.3 is 0 Å². The minimum atomic E-state index is -3.42. The van der Waals surface area contributed by atoms with Gasteiger partial charge in [0.1, 0.15) is 5.75 Å². The van der Waals surface area contributed by atoms with Crippen molar-refractivity contribution in [2.75, 3.05) is 21.2 Å². The van der Waals surface area contributed by atoms with E-state index in [1.54, 1.807) is 19.2 Å². The molecule has 0 aliphatic heterocycles. The monoisotopic (exact) mass is 271 g/mol. The van der Waals surface area contributed by atoms with Crippen LogP contribution in [0.25, 0.3) is 0 Å². The average molecular weight is 271 g/mol. The Morgan fingerprint density at radius 2 is 1.72 bits per heavy atom. The number of hydrogen-bond donors (Lipinski definition) is 0. The molecule has 0 bridgehead atoms. The van der Waals surface area contributed by atoms with E-state index in [-0.39, 0.29) is 10.3 Å². The van der Waals surface area contributed by atoms with Crippen LogP contribution in [0.1, 0.15) is 26.3 Å². The zero-order valence-corrected chi connectivity index (χ0v) is 12.6. The summed E-state index contributed by atoms with van der Waals surface area (Å²) in [6.07, 6.45) is 0. The van der Waals surface area contributed by atoms with Gasteiger partial charge in [-0.25, -0.2) is 12.7 Å². The van der Waals surface area contributed by atoms with Crippen molar-refractivity contribution < 1.29 is 13.2 Å². The van der Waals surface area contributed by atoms with Crippen LogP contribution >= 0.6 is 0 Å². The summed E-state index contributed by atoms with van der Waals surface area (Å²) in [6.45, 7) is 6.18. The van der Waals surface area contributed by atoms with E-state index in [4.69, 9.17) is 4.74 Å². The highest BCUT2D eigenvalue weighted by Gasteiger charge is 2.23. The van der Waals surface area contributed by atoms with Crippen LogP contribution in [-0.4, -0.2) is 33.9 Å². The Balaban J connectivity index is 3.40. The van der Waals surface area contributed by atoms with Gasteiger partial charge < -0.3 is 4.74 Å². The molecule has 0 amide bonds. The molecule has 0 aliphatic rings. The Morgan fingerprint density at radius 3 is 2.11 bits per heavy atom. The molecule has 0 radical (unpaired) electrons. The van der Waals surface area contributed by atoms with Crippen LogP contribution in [0.5, 0.6) is 5.75 Å². The van der Waals surface area contributed by atoms with Crippen LogP contribution in [0.3, 0.4) is 0 Å². The molecule has 0 spiro atoms. The molecule has 1 aromatic rings. The van der Waals surface area contributed by atoms with Crippen LogP contribution in [0.4, 0.5) is 0 Å². The average Bonchev–Trinajstić information content (AvgIpc) is 2.26. The Kier molecular flexibility index (Phi) is 4.08. The molecular weight excluding hydrogens is 250 g/mol. The molecule has 5 heteroatoms. The van der Waals surface area contributed by atoms with Gasteiger partial charge in [-0.1, -0.05) is 26.8 Å². The summed E-state index contributed by atoms with van der Waals surface area (Å²) in [5.41, 5.74) is 0.897. The van der Waals surface area contributed by atoms with Crippen LogP contribution in [0.2, 0.25) is 0 Å². The van der Waals surface area contributed by atoms with E-state index in [0.29, 0.717) is 5.75 Å². The van der Waals surface area contributed by atoms with Gasteiger partial charge in [0.05, 0.1) is 12.0 Å². The molecule has 1 rings (SSSR count). The zero-order chi connectivity index (χ0) is 14.1. The fourth-order valence-corrected chi connectivity index (χ4v) is 2.58. The van der Waals surface area contributed by atoms with Crippen molar-refractivity contribution >= 4 is 10.0 Å². The summed E-state index contributed by atoms with van der Waals surface area (Å²) in [4.78, 5) is 0.248. The summed E-state index contributed by atoms with van der Waals surface area (Å²) < 4.78 is 30.6. The molecular formula is C13H21NO3S. The van der Waals surface area contributed by atoms with Gasteiger partial charge in [0.25, 0.3) is 0 Å². The number of methoxy groups -OCH3 is 1. The summed E-state index contributed by atoms with van der Waals surface area (Å²) in [5, 5.41) is 0. The van der Waals surface area contributed by atoms with Crippen molar-refractivity contribution in [2.24, 2.45) is 0 Å². The largest absolute Gasteiger partial charge is 0.496 e. The Bertz CT molecular complexity index is 528. The molecule has 0 atom stereocenters. The molecule has 18 heavy (non-hydrogen) atoms. The van der Waals surface area contributed by atoms with Gasteiger partial charge in [0, 0.05) is 20.2 Å². The van der Waals surface area contributed by atoms with E-state index in [2.05, 4.69) is 20.8 Å². The van der Waals surface area contributed by atoms with E-state index in [1.165, 1.54) is 18.4 Å². The van der Waals surface area contributed by atoms with Crippen molar-refractivity contribution in [3.63, 3.8) is 0 Å². The highest BCUT2D eigenvalue weighted by atomic mass is 32.2. The molecule has 0 unspecified atom stereocenters. The smallest absolute Gasteiger partial charge is 0.242 e. The molecule has 0 aliphatic carbocycles. The van der Waals surface area contributed by atoms with E-state index in [1.807, 2.05) is 6.07 Å². The lowest BCUT2D eigenvalue weighted by Gasteiger charge is -2.23. The maximum atomic E-state index is 12.0. The van der Waals surface area contributed by atoms with E-state index < -0.39 is 10.0 Å². The van der Waals surface area contributed by atoms with Crippen molar-refractivity contribution in [3.05, 3.63) is 23.8 Å². The van der Waals surface area contributed by atoms with E-state index in [0.717, 1.165) is 5.56 Å². The normalized spacial score (nSPS) is 12.8. The summed E-state index contributed by atoms with van der Waals surface area (Å²) in [7, 11) is 1.16. The van der Waals surface area contributed by atoms with Gasteiger partial charge in [-0.05, 0) is 17.0 Å². The Labute approximate surface area is 110 Å². The predicted molar refractivity (Wildman–Crippen MR) is 72.6 cm³/mol. The van der Waals surface area contributed by atoms with E-state index >= 15 is 0 Å².